The molecule has 1 rings (SSSR count). The molecular weight excluding hydrogens is 168 g/mol. The van der Waals surface area contributed by atoms with Crippen molar-refractivity contribution in [3.63, 3.8) is 0 Å². The van der Waals surface area contributed by atoms with Crippen molar-refractivity contribution in [3.8, 4) is 0 Å². The molecule has 0 amide bonds. The first-order chi connectivity index (χ1) is 6.83. The lowest BCUT2D eigenvalue weighted by molar-refractivity contribution is 0.283. The summed E-state index contributed by atoms with van der Waals surface area (Å²) in [5, 5.41) is 0. The molecule has 0 heterocycles. The molecule has 0 nitrogen and oxygen atoms in total. The molecule has 0 aliphatic heterocycles. The molecule has 0 aromatic heterocycles. The lowest BCUT2D eigenvalue weighted by Gasteiger charge is -2.24. The van der Waals surface area contributed by atoms with E-state index in [1.165, 1.54) is 38.5 Å². The first-order valence-electron chi connectivity index (χ1n) is 6.51. The molecule has 0 aromatic rings. The lowest BCUT2D eigenvalue weighted by Crippen LogP contribution is -2.16. The van der Waals surface area contributed by atoms with Gasteiger partial charge in [0.05, 0.1) is 0 Å². The molecular formula is C14H26. The van der Waals surface area contributed by atoms with Gasteiger partial charge in [-0.1, -0.05) is 52.2 Å². The van der Waals surface area contributed by atoms with Crippen LogP contribution in [0.3, 0.4) is 0 Å². The van der Waals surface area contributed by atoms with E-state index in [9.17, 15) is 0 Å². The smallest absolute Gasteiger partial charge is 0.0200 e. The van der Waals surface area contributed by atoms with Gasteiger partial charge in [0, 0.05) is 0 Å². The third-order valence-corrected chi connectivity index (χ3v) is 3.57. The monoisotopic (exact) mass is 194 g/mol. The highest BCUT2D eigenvalue weighted by atomic mass is 14.3. The van der Waals surface area contributed by atoms with Gasteiger partial charge in [0.15, 0.2) is 0 Å². The molecule has 0 N–H and O–H groups in total. The summed E-state index contributed by atoms with van der Waals surface area (Å²) in [5.41, 5.74) is 0. The Labute approximate surface area is 89.8 Å². The fourth-order valence-electron chi connectivity index (χ4n) is 2.94. The summed E-state index contributed by atoms with van der Waals surface area (Å²) >= 11 is 0. The van der Waals surface area contributed by atoms with Gasteiger partial charge in [-0.2, -0.15) is 0 Å². The molecule has 0 bridgehead atoms. The molecule has 1 aliphatic rings. The second-order valence-corrected chi connectivity index (χ2v) is 4.74. The largest absolute Gasteiger partial charge is 0.0848 e. The van der Waals surface area contributed by atoms with Gasteiger partial charge in [-0.05, 0) is 37.0 Å². The zero-order valence-corrected chi connectivity index (χ0v) is 10.1. The Hall–Kier alpha value is -0.260. The van der Waals surface area contributed by atoms with E-state index >= 15 is 0 Å². The Balaban J connectivity index is 2.49. The van der Waals surface area contributed by atoms with Gasteiger partial charge in [0.25, 0.3) is 0 Å². The maximum absolute atomic E-state index is 2.50. The van der Waals surface area contributed by atoms with Crippen LogP contribution in [0.25, 0.3) is 0 Å². The van der Waals surface area contributed by atoms with E-state index in [1.54, 1.807) is 0 Å². The Bertz CT molecular complexity index is 153. The van der Waals surface area contributed by atoms with Crippen molar-refractivity contribution in [1.29, 1.82) is 0 Å². The van der Waals surface area contributed by atoms with Gasteiger partial charge < -0.3 is 0 Å². The van der Waals surface area contributed by atoms with E-state index < -0.39 is 0 Å². The van der Waals surface area contributed by atoms with Crippen LogP contribution in [0.4, 0.5) is 0 Å². The molecule has 0 heteroatoms. The molecule has 2 atom stereocenters. The average Bonchev–Trinajstić information content (AvgIpc) is 2.52. The van der Waals surface area contributed by atoms with Gasteiger partial charge in [0.1, 0.15) is 0 Å². The normalized spacial score (nSPS) is 31.2. The lowest BCUT2D eigenvalue weighted by atomic mass is 9.81. The van der Waals surface area contributed by atoms with Crippen LogP contribution in [0.1, 0.15) is 59.3 Å². The molecule has 0 spiro atoms. The molecule has 0 fully saturated rings. The summed E-state index contributed by atoms with van der Waals surface area (Å²) in [7, 11) is 0. The minimum atomic E-state index is 0.900. The van der Waals surface area contributed by atoms with Gasteiger partial charge in [-0.15, -0.1) is 0 Å². The SMILES string of the molecule is CCCC1C=CC(CCC)C1CCC. The number of hydrogen-bond acceptors (Lipinski definition) is 0. The minimum absolute atomic E-state index is 0.900. The predicted octanol–water partition coefficient (Wildman–Crippen LogP) is 4.81. The van der Waals surface area contributed by atoms with Crippen molar-refractivity contribution in [1.82, 2.24) is 0 Å². The van der Waals surface area contributed by atoms with Gasteiger partial charge in [0.2, 0.25) is 0 Å². The summed E-state index contributed by atoms with van der Waals surface area (Å²) < 4.78 is 0. The maximum Gasteiger partial charge on any atom is -0.0200 e. The number of allylic oxidation sites excluding steroid dienone is 2. The van der Waals surface area contributed by atoms with Crippen molar-refractivity contribution in [2.45, 2.75) is 59.3 Å². The standard InChI is InChI=1S/C14H26/c1-4-7-12-10-11-13(8-5-2)14(12)9-6-3/h10-14H,4-9H2,1-3H3. The van der Waals surface area contributed by atoms with Crippen LogP contribution in [0.5, 0.6) is 0 Å². The molecule has 0 saturated heterocycles. The van der Waals surface area contributed by atoms with Crippen molar-refractivity contribution < 1.29 is 0 Å². The average molecular weight is 194 g/mol. The molecule has 0 saturated carbocycles. The molecule has 2 unspecified atom stereocenters. The summed E-state index contributed by atoms with van der Waals surface area (Å²) in [4.78, 5) is 0. The molecule has 0 aromatic carbocycles. The third kappa shape index (κ3) is 2.87. The van der Waals surface area contributed by atoms with Crippen LogP contribution in [-0.4, -0.2) is 0 Å². The molecule has 1 aliphatic carbocycles. The Morgan fingerprint density at radius 2 is 1.14 bits per heavy atom. The van der Waals surface area contributed by atoms with Crippen molar-refractivity contribution in [2.75, 3.05) is 0 Å². The van der Waals surface area contributed by atoms with Gasteiger partial charge >= 0.3 is 0 Å². The van der Waals surface area contributed by atoms with E-state index in [1.807, 2.05) is 0 Å². The van der Waals surface area contributed by atoms with E-state index in [-0.39, 0.29) is 0 Å². The second kappa shape index (κ2) is 6.27. The van der Waals surface area contributed by atoms with Crippen LogP contribution >= 0.6 is 0 Å². The summed E-state index contributed by atoms with van der Waals surface area (Å²) in [6, 6.07) is 0. The highest BCUT2D eigenvalue weighted by Crippen LogP contribution is 2.39. The van der Waals surface area contributed by atoms with Crippen LogP contribution in [0.2, 0.25) is 0 Å². The fraction of sp³-hybridized carbons (Fsp3) is 0.857. The predicted molar refractivity (Wildman–Crippen MR) is 64.3 cm³/mol. The van der Waals surface area contributed by atoms with Crippen LogP contribution in [0.15, 0.2) is 12.2 Å². The zero-order valence-electron chi connectivity index (χ0n) is 10.1. The van der Waals surface area contributed by atoms with Gasteiger partial charge in [-0.25, -0.2) is 0 Å². The first kappa shape index (κ1) is 11.8. The van der Waals surface area contributed by atoms with E-state index in [2.05, 4.69) is 32.9 Å². The Kier molecular flexibility index (Phi) is 5.29. The zero-order chi connectivity index (χ0) is 10.4. The molecule has 82 valence electrons. The molecule has 14 heavy (non-hydrogen) atoms. The van der Waals surface area contributed by atoms with Crippen LogP contribution in [0, 0.1) is 17.8 Å². The number of rotatable bonds is 6. The van der Waals surface area contributed by atoms with Crippen molar-refractivity contribution in [3.05, 3.63) is 12.2 Å². The van der Waals surface area contributed by atoms with Crippen LogP contribution in [-0.2, 0) is 0 Å². The van der Waals surface area contributed by atoms with E-state index in [4.69, 9.17) is 0 Å². The van der Waals surface area contributed by atoms with E-state index in [0.29, 0.717) is 0 Å². The third-order valence-electron chi connectivity index (χ3n) is 3.57. The summed E-state index contributed by atoms with van der Waals surface area (Å²) in [5.74, 6) is 2.77. The van der Waals surface area contributed by atoms with Crippen molar-refractivity contribution >= 4 is 0 Å². The topological polar surface area (TPSA) is 0 Å². The summed E-state index contributed by atoms with van der Waals surface area (Å²) in [6.07, 6.45) is 13.3. The Morgan fingerprint density at radius 3 is 1.50 bits per heavy atom. The van der Waals surface area contributed by atoms with Crippen molar-refractivity contribution in [2.24, 2.45) is 17.8 Å². The second-order valence-electron chi connectivity index (χ2n) is 4.74. The maximum atomic E-state index is 2.50. The highest BCUT2D eigenvalue weighted by molar-refractivity contribution is 5.06. The highest BCUT2D eigenvalue weighted by Gasteiger charge is 2.29. The fourth-order valence-corrected chi connectivity index (χ4v) is 2.94. The van der Waals surface area contributed by atoms with Gasteiger partial charge in [-0.3, -0.25) is 0 Å². The number of hydrogen-bond donors (Lipinski definition) is 0. The molecule has 0 radical (unpaired) electrons. The first-order valence-corrected chi connectivity index (χ1v) is 6.51. The summed E-state index contributed by atoms with van der Waals surface area (Å²) in [6.45, 7) is 6.94. The Morgan fingerprint density at radius 1 is 0.714 bits per heavy atom. The quantitative estimate of drug-likeness (QED) is 0.532. The van der Waals surface area contributed by atoms with Crippen LogP contribution < -0.4 is 0 Å². The minimum Gasteiger partial charge on any atom is -0.0848 e. The van der Waals surface area contributed by atoms with E-state index in [0.717, 1.165) is 17.8 Å².